The molecule has 108 valence electrons. The normalized spacial score (nSPS) is 12.2. The number of halogens is 2. The van der Waals surface area contributed by atoms with Crippen LogP contribution >= 0.6 is 0 Å². The van der Waals surface area contributed by atoms with E-state index < -0.39 is 11.6 Å². The molecule has 0 aliphatic heterocycles. The first kappa shape index (κ1) is 14.3. The Morgan fingerprint density at radius 3 is 2.55 bits per heavy atom. The Kier molecular flexibility index (Phi) is 4.22. The average Bonchev–Trinajstić information content (AvgIpc) is 2.82. The summed E-state index contributed by atoms with van der Waals surface area (Å²) in [6.07, 6.45) is 0. The number of aromatic nitrogens is 1. The zero-order valence-electron chi connectivity index (χ0n) is 11.6. The Bertz CT molecular complexity index is 598. The lowest BCUT2D eigenvalue weighted by Gasteiger charge is -2.14. The largest absolute Gasteiger partial charge is 0.464 e. The summed E-state index contributed by atoms with van der Waals surface area (Å²) in [7, 11) is 0. The molecule has 0 bridgehead atoms. The number of aryl methyl sites for hydroxylation is 1. The fraction of sp³-hybridized carbons (Fsp3) is 0.357. The molecule has 1 atom stereocenters. The number of rotatable bonds is 5. The zero-order chi connectivity index (χ0) is 14.7. The molecule has 0 saturated carbocycles. The van der Waals surface area contributed by atoms with Gasteiger partial charge in [0.2, 0.25) is 0 Å². The van der Waals surface area contributed by atoms with Crippen molar-refractivity contribution in [3.8, 4) is 0 Å². The van der Waals surface area contributed by atoms with Gasteiger partial charge in [0.1, 0.15) is 11.5 Å². The van der Waals surface area contributed by atoms with Gasteiger partial charge in [0, 0.05) is 12.6 Å². The van der Waals surface area contributed by atoms with Crippen molar-refractivity contribution in [1.82, 2.24) is 4.98 Å². The quantitative estimate of drug-likeness (QED) is 0.873. The number of pyridine rings is 1. The van der Waals surface area contributed by atoms with E-state index in [2.05, 4.69) is 15.6 Å². The van der Waals surface area contributed by atoms with E-state index in [4.69, 9.17) is 4.42 Å². The second kappa shape index (κ2) is 5.90. The zero-order valence-corrected chi connectivity index (χ0v) is 11.6. The van der Waals surface area contributed by atoms with Crippen molar-refractivity contribution < 1.29 is 13.2 Å². The first-order valence-corrected chi connectivity index (χ1v) is 6.44. The Morgan fingerprint density at radius 1 is 1.25 bits per heavy atom. The smallest absolute Gasteiger partial charge is 0.168 e. The number of nitrogens with one attached hydrogen (secondary N) is 2. The fourth-order valence-corrected chi connectivity index (χ4v) is 1.82. The van der Waals surface area contributed by atoms with E-state index in [1.54, 1.807) is 6.07 Å². The van der Waals surface area contributed by atoms with Crippen LogP contribution in [0.15, 0.2) is 22.6 Å². The van der Waals surface area contributed by atoms with Crippen molar-refractivity contribution in [2.75, 3.05) is 17.2 Å². The maximum absolute atomic E-state index is 13.7. The highest BCUT2D eigenvalue weighted by Gasteiger charge is 2.15. The summed E-state index contributed by atoms with van der Waals surface area (Å²) in [5, 5.41) is 5.62. The first-order valence-electron chi connectivity index (χ1n) is 6.44. The Morgan fingerprint density at radius 2 is 1.95 bits per heavy atom. The van der Waals surface area contributed by atoms with Gasteiger partial charge in [0.05, 0.1) is 6.04 Å². The van der Waals surface area contributed by atoms with Crippen molar-refractivity contribution in [2.24, 2.45) is 0 Å². The van der Waals surface area contributed by atoms with E-state index in [1.807, 2.05) is 26.8 Å². The van der Waals surface area contributed by atoms with Crippen molar-refractivity contribution in [2.45, 2.75) is 26.8 Å². The lowest BCUT2D eigenvalue weighted by molar-refractivity contribution is 0.465. The van der Waals surface area contributed by atoms with Crippen molar-refractivity contribution in [3.63, 3.8) is 0 Å². The fourth-order valence-electron chi connectivity index (χ4n) is 1.82. The maximum atomic E-state index is 13.7. The molecule has 20 heavy (non-hydrogen) atoms. The van der Waals surface area contributed by atoms with Gasteiger partial charge in [-0.15, -0.1) is 0 Å². The highest BCUT2D eigenvalue weighted by Crippen LogP contribution is 2.24. The summed E-state index contributed by atoms with van der Waals surface area (Å²) in [6, 6.07) is 4.17. The minimum absolute atomic E-state index is 0.0103. The van der Waals surface area contributed by atoms with Crippen molar-refractivity contribution in [1.29, 1.82) is 0 Å². The molecular formula is C14H17F2N3O. The van der Waals surface area contributed by atoms with Crippen molar-refractivity contribution >= 4 is 11.6 Å². The maximum Gasteiger partial charge on any atom is 0.168 e. The van der Waals surface area contributed by atoms with E-state index in [9.17, 15) is 8.78 Å². The van der Waals surface area contributed by atoms with Gasteiger partial charge in [0.15, 0.2) is 23.3 Å². The standard InChI is InChI=1S/C14H17F2N3O/c1-4-17-13-10(15)7-11(16)14(19-13)18-9(3)12-6-5-8(2)20-12/h5-7,9H,4H2,1-3H3,(H2,17,18,19). The van der Waals surface area contributed by atoms with Gasteiger partial charge in [-0.1, -0.05) is 0 Å². The van der Waals surface area contributed by atoms with E-state index >= 15 is 0 Å². The van der Waals surface area contributed by atoms with Gasteiger partial charge in [-0.2, -0.15) is 0 Å². The van der Waals surface area contributed by atoms with Crippen LogP contribution in [-0.2, 0) is 0 Å². The summed E-state index contributed by atoms with van der Waals surface area (Å²) in [4.78, 5) is 3.92. The molecule has 6 heteroatoms. The predicted molar refractivity (Wildman–Crippen MR) is 73.8 cm³/mol. The number of furan rings is 1. The molecule has 2 heterocycles. The molecule has 0 radical (unpaired) electrons. The predicted octanol–water partition coefficient (Wildman–Crippen LogP) is 3.87. The Hall–Kier alpha value is -2.11. The minimum Gasteiger partial charge on any atom is -0.464 e. The highest BCUT2D eigenvalue weighted by molar-refractivity contribution is 5.48. The third-order valence-electron chi connectivity index (χ3n) is 2.81. The van der Waals surface area contributed by atoms with Gasteiger partial charge < -0.3 is 15.1 Å². The third kappa shape index (κ3) is 3.07. The third-order valence-corrected chi connectivity index (χ3v) is 2.81. The van der Waals surface area contributed by atoms with Crippen LogP contribution < -0.4 is 10.6 Å². The molecule has 0 amide bonds. The van der Waals surface area contributed by atoms with Crippen LogP contribution in [0, 0.1) is 18.6 Å². The molecule has 0 aromatic carbocycles. The number of hydrogen-bond donors (Lipinski definition) is 2. The van der Waals surface area contributed by atoms with Crippen LogP contribution in [0.5, 0.6) is 0 Å². The van der Waals surface area contributed by atoms with Gasteiger partial charge in [-0.25, -0.2) is 13.8 Å². The van der Waals surface area contributed by atoms with Crippen LogP contribution in [0.4, 0.5) is 20.4 Å². The second-order valence-electron chi connectivity index (χ2n) is 4.49. The van der Waals surface area contributed by atoms with Crippen LogP contribution in [0.2, 0.25) is 0 Å². The Balaban J connectivity index is 2.22. The summed E-state index contributed by atoms with van der Waals surface area (Å²) >= 11 is 0. The average molecular weight is 281 g/mol. The van der Waals surface area contributed by atoms with Crippen LogP contribution in [0.1, 0.15) is 31.4 Å². The molecule has 2 aromatic heterocycles. The molecule has 4 nitrogen and oxygen atoms in total. The number of anilines is 2. The molecule has 0 aliphatic carbocycles. The Labute approximate surface area is 116 Å². The molecular weight excluding hydrogens is 264 g/mol. The number of nitrogens with zero attached hydrogens (tertiary/aromatic N) is 1. The molecule has 0 spiro atoms. The van der Waals surface area contributed by atoms with E-state index in [0.29, 0.717) is 12.3 Å². The summed E-state index contributed by atoms with van der Waals surface area (Å²) in [5.74, 6) is 0.00589. The molecule has 2 N–H and O–H groups in total. The van der Waals surface area contributed by atoms with Gasteiger partial charge >= 0.3 is 0 Å². The highest BCUT2D eigenvalue weighted by atomic mass is 19.1. The van der Waals surface area contributed by atoms with E-state index in [-0.39, 0.29) is 17.7 Å². The lowest BCUT2D eigenvalue weighted by Crippen LogP contribution is -2.11. The lowest BCUT2D eigenvalue weighted by atomic mass is 10.2. The SMILES string of the molecule is CCNc1nc(NC(C)c2ccc(C)o2)c(F)cc1F. The van der Waals surface area contributed by atoms with Gasteiger partial charge in [0.25, 0.3) is 0 Å². The second-order valence-corrected chi connectivity index (χ2v) is 4.49. The molecule has 0 aliphatic rings. The van der Waals surface area contributed by atoms with E-state index in [1.165, 1.54) is 0 Å². The topological polar surface area (TPSA) is 50.1 Å². The molecule has 2 rings (SSSR count). The van der Waals surface area contributed by atoms with Crippen LogP contribution in [0.25, 0.3) is 0 Å². The summed E-state index contributed by atoms with van der Waals surface area (Å²) in [5.41, 5.74) is 0. The van der Waals surface area contributed by atoms with E-state index in [0.717, 1.165) is 11.8 Å². The molecule has 2 aromatic rings. The monoisotopic (exact) mass is 281 g/mol. The van der Waals surface area contributed by atoms with Gasteiger partial charge in [-0.3, -0.25) is 0 Å². The molecule has 1 unspecified atom stereocenters. The number of hydrogen-bond acceptors (Lipinski definition) is 4. The summed E-state index contributed by atoms with van der Waals surface area (Å²) < 4.78 is 32.7. The summed E-state index contributed by atoms with van der Waals surface area (Å²) in [6.45, 7) is 5.96. The molecule has 0 saturated heterocycles. The van der Waals surface area contributed by atoms with Gasteiger partial charge in [-0.05, 0) is 32.9 Å². The molecule has 0 fully saturated rings. The van der Waals surface area contributed by atoms with Crippen LogP contribution in [-0.4, -0.2) is 11.5 Å². The van der Waals surface area contributed by atoms with Crippen molar-refractivity contribution in [3.05, 3.63) is 41.4 Å². The van der Waals surface area contributed by atoms with Crippen LogP contribution in [0.3, 0.4) is 0 Å². The minimum atomic E-state index is -0.737. The first-order chi connectivity index (χ1) is 9.51.